The second kappa shape index (κ2) is 4.41. The van der Waals surface area contributed by atoms with E-state index in [9.17, 15) is 9.59 Å². The first-order chi connectivity index (χ1) is 6.60. The van der Waals surface area contributed by atoms with Crippen LogP contribution in [-0.4, -0.2) is 24.9 Å². The first kappa shape index (κ1) is 11.0. The highest BCUT2D eigenvalue weighted by Gasteiger charge is 2.48. The minimum atomic E-state index is -0.334. The molecule has 0 radical (unpaired) electrons. The van der Waals surface area contributed by atoms with Gasteiger partial charge in [0.1, 0.15) is 0 Å². The third kappa shape index (κ3) is 2.70. The number of hydrogen-bond donors (Lipinski definition) is 3. The fourth-order valence-electron chi connectivity index (χ4n) is 1.33. The van der Waals surface area contributed by atoms with Crippen molar-refractivity contribution in [2.45, 2.75) is 25.7 Å². The van der Waals surface area contributed by atoms with Crippen molar-refractivity contribution in [2.75, 3.05) is 13.1 Å². The molecule has 0 aromatic rings. The Balaban J connectivity index is 2.13. The average Bonchev–Trinajstić information content (AvgIpc) is 2.92. The van der Waals surface area contributed by atoms with Crippen LogP contribution >= 0.6 is 0 Å². The molecular weight excluding hydrogens is 182 g/mol. The highest BCUT2D eigenvalue weighted by atomic mass is 16.2. The van der Waals surface area contributed by atoms with E-state index >= 15 is 0 Å². The summed E-state index contributed by atoms with van der Waals surface area (Å²) in [6.07, 6.45) is 2.67. The first-order valence-electron chi connectivity index (χ1n) is 4.87. The number of carbonyl (C=O) groups is 2. The Labute approximate surface area is 83.2 Å². The van der Waals surface area contributed by atoms with Crippen LogP contribution in [0.15, 0.2) is 0 Å². The molecule has 5 nitrogen and oxygen atoms in total. The number of hydrogen-bond acceptors (Lipinski definition) is 3. The molecule has 5 N–H and O–H groups in total. The number of nitrogens with one attached hydrogen (secondary N) is 1. The van der Waals surface area contributed by atoms with E-state index in [4.69, 9.17) is 11.5 Å². The van der Waals surface area contributed by atoms with Gasteiger partial charge in [-0.1, -0.05) is 0 Å². The molecular formula is C9H17N3O2. The Bertz CT molecular complexity index is 236. The molecule has 1 aliphatic carbocycles. The summed E-state index contributed by atoms with van der Waals surface area (Å²) >= 11 is 0. The van der Waals surface area contributed by atoms with Gasteiger partial charge in [-0.05, 0) is 19.3 Å². The Kier molecular flexibility index (Phi) is 3.46. The highest BCUT2D eigenvalue weighted by molar-refractivity contribution is 5.85. The number of primary amides is 1. The number of amides is 2. The van der Waals surface area contributed by atoms with Crippen LogP contribution in [0.2, 0.25) is 0 Å². The van der Waals surface area contributed by atoms with Gasteiger partial charge in [0.2, 0.25) is 11.8 Å². The Hall–Kier alpha value is -1.10. The number of rotatable bonds is 6. The molecule has 0 aromatic heterocycles. The molecule has 5 heteroatoms. The van der Waals surface area contributed by atoms with E-state index in [1.807, 2.05) is 0 Å². The van der Waals surface area contributed by atoms with Gasteiger partial charge in [0.05, 0.1) is 5.41 Å². The van der Waals surface area contributed by atoms with Crippen molar-refractivity contribution >= 4 is 11.8 Å². The van der Waals surface area contributed by atoms with E-state index in [0.717, 1.165) is 12.8 Å². The summed E-state index contributed by atoms with van der Waals surface area (Å²) in [4.78, 5) is 21.9. The fourth-order valence-corrected chi connectivity index (χ4v) is 1.33. The van der Waals surface area contributed by atoms with Crippen molar-refractivity contribution in [2.24, 2.45) is 16.9 Å². The van der Waals surface area contributed by atoms with Crippen LogP contribution in [0.4, 0.5) is 0 Å². The molecule has 0 aromatic carbocycles. The maximum absolute atomic E-state index is 11.5. The van der Waals surface area contributed by atoms with E-state index in [-0.39, 0.29) is 17.2 Å². The Morgan fingerprint density at radius 3 is 2.43 bits per heavy atom. The van der Waals surface area contributed by atoms with E-state index in [2.05, 4.69) is 5.32 Å². The molecule has 1 aliphatic rings. The normalized spacial score (nSPS) is 17.5. The number of nitrogens with two attached hydrogens (primary N) is 2. The summed E-state index contributed by atoms with van der Waals surface area (Å²) in [7, 11) is 0. The van der Waals surface area contributed by atoms with Crippen molar-refractivity contribution in [3.63, 3.8) is 0 Å². The second-order valence-electron chi connectivity index (χ2n) is 3.81. The van der Waals surface area contributed by atoms with Crippen LogP contribution in [0.5, 0.6) is 0 Å². The lowest BCUT2D eigenvalue weighted by Crippen LogP contribution is -2.37. The molecule has 14 heavy (non-hydrogen) atoms. The van der Waals surface area contributed by atoms with Gasteiger partial charge >= 0.3 is 0 Å². The lowest BCUT2D eigenvalue weighted by atomic mass is 10.1. The maximum atomic E-state index is 11.5. The van der Waals surface area contributed by atoms with Gasteiger partial charge in [-0.3, -0.25) is 9.59 Å². The molecule has 80 valence electrons. The van der Waals surface area contributed by atoms with E-state index < -0.39 is 0 Å². The van der Waals surface area contributed by atoms with Gasteiger partial charge in [-0.2, -0.15) is 0 Å². The molecule has 2 amide bonds. The van der Waals surface area contributed by atoms with Crippen molar-refractivity contribution in [3.05, 3.63) is 0 Å². The zero-order valence-corrected chi connectivity index (χ0v) is 8.21. The molecule has 0 bridgehead atoms. The van der Waals surface area contributed by atoms with Gasteiger partial charge in [-0.25, -0.2) is 0 Å². The topological polar surface area (TPSA) is 98.2 Å². The molecule has 0 unspecified atom stereocenters. The molecule has 0 atom stereocenters. The molecule has 1 rings (SSSR count). The largest absolute Gasteiger partial charge is 0.370 e. The van der Waals surface area contributed by atoms with Crippen LogP contribution < -0.4 is 16.8 Å². The lowest BCUT2D eigenvalue weighted by Gasteiger charge is -2.11. The zero-order chi connectivity index (χ0) is 10.6. The molecule has 1 fully saturated rings. The predicted octanol–water partition coefficient (Wildman–Crippen LogP) is -0.893. The van der Waals surface area contributed by atoms with Crippen molar-refractivity contribution in [1.29, 1.82) is 0 Å². The number of carbonyl (C=O) groups excluding carboxylic acids is 2. The average molecular weight is 199 g/mol. The van der Waals surface area contributed by atoms with Crippen LogP contribution in [0.3, 0.4) is 0 Å². The second-order valence-corrected chi connectivity index (χ2v) is 3.81. The van der Waals surface area contributed by atoms with E-state index in [1.54, 1.807) is 0 Å². The fraction of sp³-hybridized carbons (Fsp3) is 0.778. The summed E-state index contributed by atoms with van der Waals surface area (Å²) in [6.45, 7) is 0.915. The monoisotopic (exact) mass is 199 g/mol. The Morgan fingerprint density at radius 1 is 1.36 bits per heavy atom. The Morgan fingerprint density at radius 2 is 2.00 bits per heavy atom. The SMILES string of the molecule is NCC1(C(=O)NCCCC(N)=O)CC1. The van der Waals surface area contributed by atoms with Gasteiger partial charge in [0.15, 0.2) is 0 Å². The smallest absolute Gasteiger partial charge is 0.227 e. The van der Waals surface area contributed by atoms with Crippen LogP contribution in [-0.2, 0) is 9.59 Å². The lowest BCUT2D eigenvalue weighted by molar-refractivity contribution is -0.126. The van der Waals surface area contributed by atoms with Gasteiger partial charge in [0, 0.05) is 19.5 Å². The van der Waals surface area contributed by atoms with Gasteiger partial charge in [-0.15, -0.1) is 0 Å². The van der Waals surface area contributed by atoms with Crippen molar-refractivity contribution < 1.29 is 9.59 Å². The summed E-state index contributed by atoms with van der Waals surface area (Å²) in [6, 6.07) is 0. The third-order valence-corrected chi connectivity index (χ3v) is 2.61. The van der Waals surface area contributed by atoms with Crippen LogP contribution in [0, 0.1) is 5.41 Å². The standard InChI is InChI=1S/C9H17N3O2/c10-6-9(3-4-9)8(14)12-5-1-2-7(11)13/h1-6,10H2,(H2,11,13)(H,12,14). The van der Waals surface area contributed by atoms with Gasteiger partial charge < -0.3 is 16.8 Å². The highest BCUT2D eigenvalue weighted by Crippen LogP contribution is 2.44. The molecule has 0 saturated heterocycles. The van der Waals surface area contributed by atoms with Crippen LogP contribution in [0.1, 0.15) is 25.7 Å². The first-order valence-corrected chi connectivity index (χ1v) is 4.87. The van der Waals surface area contributed by atoms with Gasteiger partial charge in [0.25, 0.3) is 0 Å². The maximum Gasteiger partial charge on any atom is 0.227 e. The summed E-state index contributed by atoms with van der Waals surface area (Å²) in [5, 5.41) is 2.76. The molecule has 0 aliphatic heterocycles. The quantitative estimate of drug-likeness (QED) is 0.484. The molecule has 0 heterocycles. The van der Waals surface area contributed by atoms with Crippen molar-refractivity contribution in [3.8, 4) is 0 Å². The third-order valence-electron chi connectivity index (χ3n) is 2.61. The van der Waals surface area contributed by atoms with Crippen LogP contribution in [0.25, 0.3) is 0 Å². The summed E-state index contributed by atoms with van der Waals surface area (Å²) in [5.74, 6) is -0.316. The minimum absolute atomic E-state index is 0.0180. The van der Waals surface area contributed by atoms with E-state index in [0.29, 0.717) is 25.9 Å². The molecule has 0 spiro atoms. The molecule has 1 saturated carbocycles. The van der Waals surface area contributed by atoms with E-state index in [1.165, 1.54) is 0 Å². The minimum Gasteiger partial charge on any atom is -0.370 e. The summed E-state index contributed by atoms with van der Waals surface area (Å²) < 4.78 is 0. The summed E-state index contributed by atoms with van der Waals surface area (Å²) in [5.41, 5.74) is 10.2. The van der Waals surface area contributed by atoms with Crippen molar-refractivity contribution in [1.82, 2.24) is 5.32 Å². The predicted molar refractivity (Wildman–Crippen MR) is 52.2 cm³/mol. The zero-order valence-electron chi connectivity index (χ0n) is 8.21.